The van der Waals surface area contributed by atoms with Crippen LogP contribution in [0.2, 0.25) is 0 Å². The quantitative estimate of drug-likeness (QED) is 0.429. The average Bonchev–Trinajstić information content (AvgIpc) is 2.62. The number of amides is 1. The second-order valence-corrected chi connectivity index (χ2v) is 6.56. The maximum absolute atomic E-state index is 13.4. The van der Waals surface area contributed by atoms with Crippen LogP contribution >= 0.6 is 0 Å². The van der Waals surface area contributed by atoms with Gasteiger partial charge in [-0.05, 0) is 51.0 Å². The molecule has 2 rings (SSSR count). The molecule has 0 bridgehead atoms. The van der Waals surface area contributed by atoms with Crippen LogP contribution in [-0.4, -0.2) is 29.5 Å². The average molecular weight is 404 g/mol. The fourth-order valence-corrected chi connectivity index (χ4v) is 2.78. The molecular formula is C20H21FN2O6. The number of rotatable bonds is 7. The lowest BCUT2D eigenvalue weighted by Crippen LogP contribution is -2.31. The van der Waals surface area contributed by atoms with Gasteiger partial charge < -0.3 is 14.8 Å². The molecule has 0 saturated carbocycles. The first kappa shape index (κ1) is 21.8. The molecule has 1 N–H and O–H groups in total. The molecule has 2 aromatic rings. The molecule has 0 aliphatic rings. The number of nitrogens with zero attached hydrogens (tertiary/aromatic N) is 1. The number of nitro groups is 1. The van der Waals surface area contributed by atoms with E-state index in [9.17, 15) is 24.1 Å². The number of carbonyl (C=O) groups excluding carboxylic acids is 2. The normalized spacial score (nSPS) is 11.5. The molecule has 154 valence electrons. The Morgan fingerprint density at radius 1 is 1.17 bits per heavy atom. The minimum Gasteiger partial charge on any atom is -0.481 e. The zero-order chi connectivity index (χ0) is 21.7. The number of ether oxygens (including phenoxy) is 2. The molecule has 0 heterocycles. The zero-order valence-electron chi connectivity index (χ0n) is 16.4. The summed E-state index contributed by atoms with van der Waals surface area (Å²) in [6, 6.07) is 6.76. The molecule has 0 fully saturated rings. The highest BCUT2D eigenvalue weighted by Gasteiger charge is 2.21. The molecule has 2 aromatic carbocycles. The summed E-state index contributed by atoms with van der Waals surface area (Å²) < 4.78 is 23.9. The van der Waals surface area contributed by atoms with E-state index in [4.69, 9.17) is 9.47 Å². The highest BCUT2D eigenvalue weighted by molar-refractivity contribution is 5.95. The van der Waals surface area contributed by atoms with Crippen molar-refractivity contribution in [2.75, 3.05) is 11.9 Å². The number of carbonyl (C=O) groups is 2. The Morgan fingerprint density at radius 3 is 2.38 bits per heavy atom. The Balaban J connectivity index is 1.93. The summed E-state index contributed by atoms with van der Waals surface area (Å²) in [6.45, 7) is 6.63. The smallest absolute Gasteiger partial charge is 0.344 e. The van der Waals surface area contributed by atoms with Crippen LogP contribution in [-0.2, 0) is 14.3 Å². The molecular weight excluding hydrogens is 383 g/mol. The Kier molecular flexibility index (Phi) is 6.87. The fraction of sp³-hybridized carbons (Fsp3) is 0.300. The highest BCUT2D eigenvalue weighted by Crippen LogP contribution is 2.24. The largest absolute Gasteiger partial charge is 0.481 e. The van der Waals surface area contributed by atoms with Gasteiger partial charge in [0.25, 0.3) is 5.91 Å². The van der Waals surface area contributed by atoms with Crippen LogP contribution in [0.1, 0.15) is 23.6 Å². The maximum Gasteiger partial charge on any atom is 0.344 e. The second-order valence-electron chi connectivity index (χ2n) is 6.56. The molecule has 9 heteroatoms. The number of nitrogens with one attached hydrogen (secondary N) is 1. The Bertz CT molecular complexity index is 937. The van der Waals surface area contributed by atoms with Crippen molar-refractivity contribution in [2.45, 2.75) is 33.8 Å². The van der Waals surface area contributed by atoms with Gasteiger partial charge in [0.2, 0.25) is 5.82 Å². The van der Waals surface area contributed by atoms with Gasteiger partial charge in [-0.25, -0.2) is 4.79 Å². The van der Waals surface area contributed by atoms with Crippen LogP contribution in [0, 0.1) is 36.7 Å². The molecule has 29 heavy (non-hydrogen) atoms. The van der Waals surface area contributed by atoms with Crippen molar-refractivity contribution in [1.82, 2.24) is 0 Å². The van der Waals surface area contributed by atoms with E-state index >= 15 is 0 Å². The molecule has 0 unspecified atom stereocenters. The molecule has 0 aliphatic carbocycles. The van der Waals surface area contributed by atoms with Gasteiger partial charge in [0.1, 0.15) is 5.75 Å². The Morgan fingerprint density at radius 2 is 1.79 bits per heavy atom. The standard InChI is InChI=1S/C20H21FN2O6/c1-11-7-12(2)19(13(3)8-11)28-10-18(24)29-14(4)20(25)22-15-5-6-16(21)17(9-15)23(26)27/h5-9,14H,10H2,1-4H3,(H,22,25)/t14-/m0/s1. The van der Waals surface area contributed by atoms with Crippen LogP contribution in [0.15, 0.2) is 30.3 Å². The number of aryl methyl sites for hydroxylation is 3. The summed E-state index contributed by atoms with van der Waals surface area (Å²) in [7, 11) is 0. The van der Waals surface area contributed by atoms with E-state index in [0.717, 1.165) is 28.8 Å². The van der Waals surface area contributed by atoms with Crippen molar-refractivity contribution in [3.8, 4) is 5.75 Å². The van der Waals surface area contributed by atoms with Crippen molar-refractivity contribution in [2.24, 2.45) is 0 Å². The molecule has 0 radical (unpaired) electrons. The summed E-state index contributed by atoms with van der Waals surface area (Å²) in [4.78, 5) is 34.0. The summed E-state index contributed by atoms with van der Waals surface area (Å²) >= 11 is 0. The number of anilines is 1. The van der Waals surface area contributed by atoms with E-state index in [2.05, 4.69) is 5.32 Å². The number of benzene rings is 2. The minimum absolute atomic E-state index is 0.00755. The topological polar surface area (TPSA) is 108 Å². The predicted octanol–water partition coefficient (Wildman–Crippen LogP) is 3.61. The number of nitro benzene ring substituents is 1. The number of halogens is 1. The summed E-state index contributed by atoms with van der Waals surface area (Å²) in [5.74, 6) is -1.92. The van der Waals surface area contributed by atoms with Crippen molar-refractivity contribution >= 4 is 23.3 Å². The van der Waals surface area contributed by atoms with E-state index in [1.807, 2.05) is 32.9 Å². The first-order chi connectivity index (χ1) is 13.6. The van der Waals surface area contributed by atoms with Gasteiger partial charge in [0.05, 0.1) is 4.92 Å². The van der Waals surface area contributed by atoms with Crippen molar-refractivity contribution in [1.29, 1.82) is 0 Å². The third-order valence-corrected chi connectivity index (χ3v) is 4.03. The van der Waals surface area contributed by atoms with Crippen molar-refractivity contribution in [3.05, 3.63) is 63.0 Å². The number of hydrogen-bond acceptors (Lipinski definition) is 6. The van der Waals surface area contributed by atoms with Crippen molar-refractivity contribution in [3.63, 3.8) is 0 Å². The van der Waals surface area contributed by atoms with Crippen LogP contribution < -0.4 is 10.1 Å². The van der Waals surface area contributed by atoms with Gasteiger partial charge in [-0.2, -0.15) is 4.39 Å². The molecule has 8 nitrogen and oxygen atoms in total. The lowest BCUT2D eigenvalue weighted by atomic mass is 10.1. The van der Waals surface area contributed by atoms with Crippen LogP contribution in [0.5, 0.6) is 5.75 Å². The molecule has 1 atom stereocenters. The van der Waals surface area contributed by atoms with E-state index in [1.54, 1.807) is 0 Å². The van der Waals surface area contributed by atoms with Gasteiger partial charge in [-0.15, -0.1) is 0 Å². The van der Waals surface area contributed by atoms with Gasteiger partial charge in [-0.3, -0.25) is 14.9 Å². The molecule has 0 aromatic heterocycles. The van der Waals surface area contributed by atoms with E-state index in [1.165, 1.54) is 13.0 Å². The molecule has 0 aliphatic heterocycles. The lowest BCUT2D eigenvalue weighted by Gasteiger charge is -2.15. The Labute approximate surface area is 166 Å². The zero-order valence-corrected chi connectivity index (χ0v) is 16.4. The third-order valence-electron chi connectivity index (χ3n) is 4.03. The SMILES string of the molecule is Cc1cc(C)c(OCC(=O)O[C@@H](C)C(=O)Nc2ccc(F)c([N+](=O)[O-])c2)c(C)c1. The summed E-state index contributed by atoms with van der Waals surface area (Å²) in [6.07, 6.45) is -1.18. The molecule has 0 spiro atoms. The first-order valence-corrected chi connectivity index (χ1v) is 8.73. The Hall–Kier alpha value is -3.49. The fourth-order valence-electron chi connectivity index (χ4n) is 2.78. The first-order valence-electron chi connectivity index (χ1n) is 8.73. The van der Waals surface area contributed by atoms with E-state index in [-0.39, 0.29) is 12.3 Å². The third kappa shape index (κ3) is 5.74. The van der Waals surface area contributed by atoms with E-state index in [0.29, 0.717) is 5.75 Å². The van der Waals surface area contributed by atoms with Crippen LogP contribution in [0.4, 0.5) is 15.8 Å². The highest BCUT2D eigenvalue weighted by atomic mass is 19.1. The monoisotopic (exact) mass is 404 g/mol. The molecule has 1 amide bonds. The minimum atomic E-state index is -1.18. The number of hydrogen-bond donors (Lipinski definition) is 1. The van der Waals surface area contributed by atoms with E-state index < -0.39 is 34.4 Å². The van der Waals surface area contributed by atoms with Crippen LogP contribution in [0.25, 0.3) is 0 Å². The van der Waals surface area contributed by atoms with Crippen molar-refractivity contribution < 1.29 is 28.4 Å². The van der Waals surface area contributed by atoms with Gasteiger partial charge in [0, 0.05) is 11.8 Å². The lowest BCUT2D eigenvalue weighted by molar-refractivity contribution is -0.387. The molecule has 0 saturated heterocycles. The maximum atomic E-state index is 13.4. The predicted molar refractivity (Wildman–Crippen MR) is 103 cm³/mol. The van der Waals surface area contributed by atoms with Gasteiger partial charge >= 0.3 is 11.7 Å². The summed E-state index contributed by atoms with van der Waals surface area (Å²) in [5.41, 5.74) is 2.05. The van der Waals surface area contributed by atoms with Gasteiger partial charge in [0.15, 0.2) is 12.7 Å². The van der Waals surface area contributed by atoms with Crippen LogP contribution in [0.3, 0.4) is 0 Å². The summed E-state index contributed by atoms with van der Waals surface area (Å²) in [5, 5.41) is 13.1. The second kappa shape index (κ2) is 9.13. The number of esters is 1. The van der Waals surface area contributed by atoms with Gasteiger partial charge in [-0.1, -0.05) is 17.7 Å².